The predicted molar refractivity (Wildman–Crippen MR) is 105 cm³/mol. The quantitative estimate of drug-likeness (QED) is 0.700. The van der Waals surface area contributed by atoms with Gasteiger partial charge in [0.2, 0.25) is 5.62 Å². The number of benzene rings is 1. The first kappa shape index (κ1) is 17.5. The fourth-order valence-electron chi connectivity index (χ4n) is 3.87. The molecule has 0 amide bonds. The second-order valence-electron chi connectivity index (χ2n) is 7.01. The maximum Gasteiger partial charge on any atom is 0.203 e. The first-order valence-electron chi connectivity index (χ1n) is 9.40. The summed E-state index contributed by atoms with van der Waals surface area (Å²) in [5.74, 6) is 0. The van der Waals surface area contributed by atoms with Crippen LogP contribution in [0.15, 0.2) is 41.8 Å². The number of likely N-dealkylation sites (tertiary alicyclic amines) is 1. The van der Waals surface area contributed by atoms with Gasteiger partial charge in [-0.1, -0.05) is 24.6 Å². The van der Waals surface area contributed by atoms with Gasteiger partial charge in [-0.15, -0.1) is 11.3 Å². The Balaban J connectivity index is 1.61. The Labute approximate surface area is 157 Å². The Morgan fingerprint density at radius 1 is 0.962 bits per heavy atom. The molecule has 1 atom stereocenters. The molecule has 0 spiro atoms. The molecule has 0 bridgehead atoms. The number of aromatic nitrogens is 2. The van der Waals surface area contributed by atoms with Gasteiger partial charge in [0.05, 0.1) is 17.6 Å². The number of thiophene rings is 1. The van der Waals surface area contributed by atoms with Crippen LogP contribution >= 0.6 is 11.3 Å². The van der Waals surface area contributed by atoms with Crippen LogP contribution in [-0.2, 0) is 13.1 Å². The van der Waals surface area contributed by atoms with E-state index in [-0.39, 0.29) is 0 Å². The van der Waals surface area contributed by atoms with Crippen molar-refractivity contribution in [1.82, 2.24) is 14.0 Å². The molecule has 5 nitrogen and oxygen atoms in total. The number of nitrogens with zero attached hydrogens (tertiary/aromatic N) is 3. The molecule has 138 valence electrons. The number of aliphatic hydroxyl groups is 1. The highest BCUT2D eigenvalue weighted by Crippen LogP contribution is 2.22. The molecule has 3 aromatic rings. The highest BCUT2D eigenvalue weighted by molar-refractivity contribution is 7.10. The van der Waals surface area contributed by atoms with Crippen LogP contribution in [0.5, 0.6) is 0 Å². The van der Waals surface area contributed by atoms with Crippen LogP contribution in [0.3, 0.4) is 0 Å². The monoisotopic (exact) mass is 370 g/mol. The van der Waals surface area contributed by atoms with Gasteiger partial charge in [-0.3, -0.25) is 5.41 Å². The highest BCUT2D eigenvalue weighted by Gasteiger charge is 2.17. The summed E-state index contributed by atoms with van der Waals surface area (Å²) in [6, 6.07) is 12.1. The fourth-order valence-corrected chi connectivity index (χ4v) is 4.58. The van der Waals surface area contributed by atoms with Crippen molar-refractivity contribution in [3.05, 3.63) is 52.3 Å². The van der Waals surface area contributed by atoms with Gasteiger partial charge in [-0.25, -0.2) is 0 Å². The molecule has 6 heteroatoms. The van der Waals surface area contributed by atoms with Crippen molar-refractivity contribution < 1.29 is 5.11 Å². The molecule has 1 saturated heterocycles. The Kier molecular flexibility index (Phi) is 5.24. The van der Waals surface area contributed by atoms with Crippen molar-refractivity contribution in [2.75, 3.05) is 19.6 Å². The van der Waals surface area contributed by atoms with E-state index < -0.39 is 6.10 Å². The van der Waals surface area contributed by atoms with Crippen molar-refractivity contribution in [2.45, 2.75) is 38.5 Å². The van der Waals surface area contributed by atoms with E-state index in [0.29, 0.717) is 12.2 Å². The van der Waals surface area contributed by atoms with Crippen molar-refractivity contribution >= 4 is 22.4 Å². The number of fused-ring (bicyclic) bond motifs is 1. The minimum absolute atomic E-state index is 0.413. The van der Waals surface area contributed by atoms with Crippen LogP contribution in [0, 0.1) is 5.41 Å². The Morgan fingerprint density at radius 2 is 1.69 bits per heavy atom. The average Bonchev–Trinajstić information content (AvgIpc) is 3.29. The average molecular weight is 371 g/mol. The Morgan fingerprint density at radius 3 is 2.38 bits per heavy atom. The van der Waals surface area contributed by atoms with Crippen LogP contribution in [0.25, 0.3) is 11.0 Å². The molecule has 0 aliphatic carbocycles. The van der Waals surface area contributed by atoms with Gasteiger partial charge in [-0.2, -0.15) is 0 Å². The van der Waals surface area contributed by atoms with E-state index in [1.165, 1.54) is 32.4 Å². The maximum atomic E-state index is 10.6. The first-order valence-corrected chi connectivity index (χ1v) is 10.3. The molecular weight excluding hydrogens is 344 g/mol. The van der Waals surface area contributed by atoms with Crippen LogP contribution in [0.1, 0.15) is 30.2 Å². The summed E-state index contributed by atoms with van der Waals surface area (Å²) in [6.07, 6.45) is 3.33. The summed E-state index contributed by atoms with van der Waals surface area (Å²) in [5, 5.41) is 21.3. The lowest BCUT2D eigenvalue weighted by Crippen LogP contribution is -2.35. The van der Waals surface area contributed by atoms with Crippen molar-refractivity contribution in [3.63, 3.8) is 0 Å². The van der Waals surface area contributed by atoms with Gasteiger partial charge in [0, 0.05) is 18.0 Å². The topological polar surface area (TPSA) is 57.2 Å². The predicted octanol–water partition coefficient (Wildman–Crippen LogP) is 3.20. The number of imidazole rings is 1. The molecule has 2 N–H and O–H groups in total. The second-order valence-corrected chi connectivity index (χ2v) is 7.99. The van der Waals surface area contributed by atoms with Crippen molar-refractivity contribution in [1.29, 1.82) is 5.41 Å². The minimum atomic E-state index is -0.578. The third kappa shape index (κ3) is 3.49. The molecule has 4 rings (SSSR count). The first-order chi connectivity index (χ1) is 12.7. The van der Waals surface area contributed by atoms with Crippen LogP contribution in [0.4, 0.5) is 0 Å². The molecule has 26 heavy (non-hydrogen) atoms. The summed E-state index contributed by atoms with van der Waals surface area (Å²) < 4.78 is 4.03. The summed E-state index contributed by atoms with van der Waals surface area (Å²) in [4.78, 5) is 3.45. The van der Waals surface area contributed by atoms with E-state index in [2.05, 4.69) is 15.5 Å². The number of nitrogens with one attached hydrogen (secondary N) is 1. The van der Waals surface area contributed by atoms with Crippen LogP contribution in [0.2, 0.25) is 0 Å². The largest absolute Gasteiger partial charge is 0.386 e. The van der Waals surface area contributed by atoms with E-state index in [9.17, 15) is 5.11 Å². The molecule has 1 aromatic carbocycles. The van der Waals surface area contributed by atoms with Gasteiger partial charge in [0.1, 0.15) is 6.10 Å². The van der Waals surface area contributed by atoms with Crippen molar-refractivity contribution in [3.8, 4) is 0 Å². The molecule has 1 unspecified atom stereocenters. The van der Waals surface area contributed by atoms with E-state index in [4.69, 9.17) is 5.41 Å². The van der Waals surface area contributed by atoms with Crippen LogP contribution in [-0.4, -0.2) is 38.8 Å². The third-order valence-electron chi connectivity index (χ3n) is 5.29. The van der Waals surface area contributed by atoms with Gasteiger partial charge in [-0.05, 0) is 49.5 Å². The number of aliphatic hydroxyl groups excluding tert-OH is 1. The van der Waals surface area contributed by atoms with E-state index in [1.807, 2.05) is 40.3 Å². The van der Waals surface area contributed by atoms with Gasteiger partial charge in [0.15, 0.2) is 0 Å². The third-order valence-corrected chi connectivity index (χ3v) is 6.26. The van der Waals surface area contributed by atoms with E-state index in [0.717, 1.165) is 29.0 Å². The molecule has 0 radical (unpaired) electrons. The summed E-state index contributed by atoms with van der Waals surface area (Å²) in [6.45, 7) is 4.56. The number of piperidine rings is 1. The number of rotatable bonds is 6. The zero-order valence-electron chi connectivity index (χ0n) is 15.0. The standard InChI is InChI=1S/C20H26N4OS/c21-20-23(13-12-22-10-4-1-5-11-22)16-7-2-3-8-17(16)24(20)15-18(25)19-9-6-14-26-19/h2-3,6-9,14,18,21,25H,1,4-5,10-13,15H2. The lowest BCUT2D eigenvalue weighted by molar-refractivity contribution is 0.159. The van der Waals surface area contributed by atoms with Crippen LogP contribution < -0.4 is 5.62 Å². The normalized spacial score (nSPS) is 17.0. The fraction of sp³-hybridized carbons (Fsp3) is 0.450. The highest BCUT2D eigenvalue weighted by atomic mass is 32.1. The summed E-state index contributed by atoms with van der Waals surface area (Å²) >= 11 is 1.56. The molecule has 1 fully saturated rings. The zero-order chi connectivity index (χ0) is 17.9. The van der Waals surface area contributed by atoms with E-state index >= 15 is 0 Å². The minimum Gasteiger partial charge on any atom is -0.386 e. The molecule has 1 aliphatic rings. The molecular formula is C20H26N4OS. The lowest BCUT2D eigenvalue weighted by Gasteiger charge is -2.26. The maximum absolute atomic E-state index is 10.6. The molecule has 3 heterocycles. The Hall–Kier alpha value is -1.89. The zero-order valence-corrected chi connectivity index (χ0v) is 15.8. The number of hydrogen-bond acceptors (Lipinski definition) is 4. The Bertz CT molecular complexity index is 906. The smallest absolute Gasteiger partial charge is 0.203 e. The van der Waals surface area contributed by atoms with Gasteiger partial charge >= 0.3 is 0 Å². The summed E-state index contributed by atoms with van der Waals surface area (Å²) in [7, 11) is 0. The van der Waals surface area contributed by atoms with E-state index in [1.54, 1.807) is 11.3 Å². The molecule has 0 saturated carbocycles. The lowest BCUT2D eigenvalue weighted by atomic mass is 10.1. The molecule has 2 aromatic heterocycles. The number of hydrogen-bond donors (Lipinski definition) is 2. The van der Waals surface area contributed by atoms with Gasteiger partial charge in [0.25, 0.3) is 0 Å². The SMILES string of the molecule is N=c1n(CCN2CCCCC2)c2ccccc2n1CC(O)c1cccs1. The van der Waals surface area contributed by atoms with Gasteiger partial charge < -0.3 is 19.1 Å². The number of para-hydroxylation sites is 2. The second kappa shape index (κ2) is 7.78. The molecule has 1 aliphatic heterocycles. The van der Waals surface area contributed by atoms with Crippen molar-refractivity contribution in [2.24, 2.45) is 0 Å². The summed E-state index contributed by atoms with van der Waals surface area (Å²) in [5.41, 5.74) is 2.57.